The molecule has 2 rings (SSSR count). The molecule has 0 saturated heterocycles. The lowest BCUT2D eigenvalue weighted by atomic mass is 9.97. The van der Waals surface area contributed by atoms with E-state index >= 15 is 0 Å². The summed E-state index contributed by atoms with van der Waals surface area (Å²) in [6, 6.07) is 14.6. The predicted octanol–water partition coefficient (Wildman–Crippen LogP) is 3.98. The molecule has 0 aliphatic carbocycles. The van der Waals surface area contributed by atoms with Crippen LogP contribution in [0.1, 0.15) is 11.1 Å². The first-order valence-corrected chi connectivity index (χ1v) is 5.43. The minimum Gasteiger partial charge on any atom is -0.497 e. The molecule has 0 fully saturated rings. The van der Waals surface area contributed by atoms with Crippen LogP contribution in [-0.2, 0) is 0 Å². The Kier molecular flexibility index (Phi) is 2.95. The largest absolute Gasteiger partial charge is 0.497 e. The molecule has 0 bridgehead atoms. The fourth-order valence-electron chi connectivity index (χ4n) is 1.94. The highest BCUT2D eigenvalue weighted by Crippen LogP contribution is 2.28. The zero-order valence-electron chi connectivity index (χ0n) is 9.95. The molecule has 0 N–H and O–H groups in total. The molecule has 0 aromatic heterocycles. The summed E-state index contributed by atoms with van der Waals surface area (Å²) >= 11 is 0. The standard InChI is InChI=1S/C15H16O/c1-11-6-4-5-7-14(11)15-9-8-13(16-3)10-12(15)2/h4-10H,1-3H3. The second-order valence-electron chi connectivity index (χ2n) is 4.00. The molecule has 1 heteroatoms. The van der Waals surface area contributed by atoms with E-state index in [-0.39, 0.29) is 0 Å². The van der Waals surface area contributed by atoms with Crippen LogP contribution in [0.3, 0.4) is 0 Å². The number of hydrogen-bond acceptors (Lipinski definition) is 1. The minimum atomic E-state index is 0.912. The van der Waals surface area contributed by atoms with Crippen LogP contribution in [0.4, 0.5) is 0 Å². The highest BCUT2D eigenvalue weighted by Gasteiger charge is 2.05. The van der Waals surface area contributed by atoms with Crippen LogP contribution in [0.25, 0.3) is 11.1 Å². The van der Waals surface area contributed by atoms with E-state index in [0.717, 1.165) is 5.75 Å². The van der Waals surface area contributed by atoms with Gasteiger partial charge in [-0.3, -0.25) is 0 Å². The molecule has 0 amide bonds. The van der Waals surface area contributed by atoms with E-state index in [9.17, 15) is 0 Å². The summed E-state index contributed by atoms with van der Waals surface area (Å²) in [5, 5.41) is 0. The van der Waals surface area contributed by atoms with Gasteiger partial charge in [-0.1, -0.05) is 30.3 Å². The van der Waals surface area contributed by atoms with E-state index in [0.29, 0.717) is 0 Å². The zero-order chi connectivity index (χ0) is 11.5. The first-order chi connectivity index (χ1) is 7.72. The number of hydrogen-bond donors (Lipinski definition) is 0. The van der Waals surface area contributed by atoms with Gasteiger partial charge in [-0.2, -0.15) is 0 Å². The Morgan fingerprint density at radius 3 is 2.12 bits per heavy atom. The first kappa shape index (κ1) is 10.7. The quantitative estimate of drug-likeness (QED) is 0.731. The van der Waals surface area contributed by atoms with Gasteiger partial charge in [0.05, 0.1) is 7.11 Å². The average molecular weight is 212 g/mol. The summed E-state index contributed by atoms with van der Waals surface area (Å²) in [6.45, 7) is 4.25. The molecule has 0 heterocycles. The zero-order valence-corrected chi connectivity index (χ0v) is 9.95. The van der Waals surface area contributed by atoms with Gasteiger partial charge in [0.1, 0.15) is 5.75 Å². The van der Waals surface area contributed by atoms with E-state index in [2.05, 4.69) is 50.2 Å². The predicted molar refractivity (Wildman–Crippen MR) is 67.9 cm³/mol. The number of ether oxygens (including phenoxy) is 1. The summed E-state index contributed by atoms with van der Waals surface area (Å²) < 4.78 is 5.22. The third-order valence-electron chi connectivity index (χ3n) is 2.87. The van der Waals surface area contributed by atoms with E-state index in [1.165, 1.54) is 22.3 Å². The molecule has 2 aromatic carbocycles. The number of rotatable bonds is 2. The molecule has 82 valence electrons. The molecule has 0 spiro atoms. The van der Waals surface area contributed by atoms with Crippen molar-refractivity contribution >= 4 is 0 Å². The smallest absolute Gasteiger partial charge is 0.119 e. The van der Waals surface area contributed by atoms with Crippen molar-refractivity contribution in [1.82, 2.24) is 0 Å². The number of methoxy groups -OCH3 is 1. The Balaban J connectivity index is 2.53. The number of aryl methyl sites for hydroxylation is 2. The van der Waals surface area contributed by atoms with Crippen molar-refractivity contribution in [3.63, 3.8) is 0 Å². The molecule has 0 atom stereocenters. The molecule has 0 aliphatic rings. The minimum absolute atomic E-state index is 0.912. The summed E-state index contributed by atoms with van der Waals surface area (Å²) in [6.07, 6.45) is 0. The van der Waals surface area contributed by atoms with Crippen molar-refractivity contribution < 1.29 is 4.74 Å². The van der Waals surface area contributed by atoms with Crippen LogP contribution >= 0.6 is 0 Å². The lowest BCUT2D eigenvalue weighted by Gasteiger charge is -2.10. The van der Waals surface area contributed by atoms with Crippen molar-refractivity contribution in [3.8, 4) is 16.9 Å². The average Bonchev–Trinajstić information content (AvgIpc) is 2.30. The first-order valence-electron chi connectivity index (χ1n) is 5.43. The monoisotopic (exact) mass is 212 g/mol. The highest BCUT2D eigenvalue weighted by molar-refractivity contribution is 5.71. The van der Waals surface area contributed by atoms with Crippen molar-refractivity contribution in [2.24, 2.45) is 0 Å². The van der Waals surface area contributed by atoms with Gasteiger partial charge in [0, 0.05) is 0 Å². The maximum absolute atomic E-state index is 5.22. The summed E-state index contributed by atoms with van der Waals surface area (Å²) in [7, 11) is 1.70. The molecular formula is C15H16O. The second kappa shape index (κ2) is 4.40. The van der Waals surface area contributed by atoms with Gasteiger partial charge in [-0.25, -0.2) is 0 Å². The molecule has 1 nitrogen and oxygen atoms in total. The van der Waals surface area contributed by atoms with Crippen LogP contribution in [0.5, 0.6) is 5.75 Å². The molecule has 2 aromatic rings. The van der Waals surface area contributed by atoms with E-state index < -0.39 is 0 Å². The van der Waals surface area contributed by atoms with Crippen LogP contribution < -0.4 is 4.74 Å². The van der Waals surface area contributed by atoms with Crippen LogP contribution in [0, 0.1) is 13.8 Å². The van der Waals surface area contributed by atoms with Gasteiger partial charge in [0.25, 0.3) is 0 Å². The van der Waals surface area contributed by atoms with Crippen molar-refractivity contribution in [2.75, 3.05) is 7.11 Å². The summed E-state index contributed by atoms with van der Waals surface area (Å²) in [5.41, 5.74) is 5.12. The van der Waals surface area contributed by atoms with Gasteiger partial charge in [-0.05, 0) is 48.2 Å². The van der Waals surface area contributed by atoms with E-state index in [4.69, 9.17) is 4.74 Å². The Hall–Kier alpha value is -1.76. The van der Waals surface area contributed by atoms with E-state index in [1.54, 1.807) is 7.11 Å². The fraction of sp³-hybridized carbons (Fsp3) is 0.200. The Morgan fingerprint density at radius 1 is 0.812 bits per heavy atom. The summed E-state index contributed by atoms with van der Waals surface area (Å²) in [5.74, 6) is 0.912. The van der Waals surface area contributed by atoms with Gasteiger partial charge in [0.2, 0.25) is 0 Å². The van der Waals surface area contributed by atoms with Crippen molar-refractivity contribution in [2.45, 2.75) is 13.8 Å². The SMILES string of the molecule is COc1ccc(-c2ccccc2C)c(C)c1. The van der Waals surface area contributed by atoms with Gasteiger partial charge in [0.15, 0.2) is 0 Å². The Morgan fingerprint density at radius 2 is 1.50 bits per heavy atom. The van der Waals surface area contributed by atoms with Crippen LogP contribution in [0.15, 0.2) is 42.5 Å². The molecule has 0 radical (unpaired) electrons. The normalized spacial score (nSPS) is 10.2. The summed E-state index contributed by atoms with van der Waals surface area (Å²) in [4.78, 5) is 0. The highest BCUT2D eigenvalue weighted by atomic mass is 16.5. The second-order valence-corrected chi connectivity index (χ2v) is 4.00. The van der Waals surface area contributed by atoms with Crippen molar-refractivity contribution in [1.29, 1.82) is 0 Å². The number of benzene rings is 2. The van der Waals surface area contributed by atoms with E-state index in [1.807, 2.05) is 6.07 Å². The van der Waals surface area contributed by atoms with Crippen molar-refractivity contribution in [3.05, 3.63) is 53.6 Å². The third-order valence-corrected chi connectivity index (χ3v) is 2.87. The Bertz CT molecular complexity index is 501. The molecular weight excluding hydrogens is 196 g/mol. The topological polar surface area (TPSA) is 9.23 Å². The molecule has 0 aliphatic heterocycles. The van der Waals surface area contributed by atoms with Crippen LogP contribution in [-0.4, -0.2) is 7.11 Å². The van der Waals surface area contributed by atoms with Gasteiger partial charge < -0.3 is 4.74 Å². The lowest BCUT2D eigenvalue weighted by Crippen LogP contribution is -1.89. The molecule has 16 heavy (non-hydrogen) atoms. The molecule has 0 unspecified atom stereocenters. The third kappa shape index (κ3) is 1.94. The van der Waals surface area contributed by atoms with Gasteiger partial charge >= 0.3 is 0 Å². The maximum Gasteiger partial charge on any atom is 0.119 e. The molecule has 0 saturated carbocycles. The van der Waals surface area contributed by atoms with Crippen LogP contribution in [0.2, 0.25) is 0 Å². The Labute approximate surface area is 96.7 Å². The maximum atomic E-state index is 5.22. The fourth-order valence-corrected chi connectivity index (χ4v) is 1.94. The van der Waals surface area contributed by atoms with Gasteiger partial charge in [-0.15, -0.1) is 0 Å². The lowest BCUT2D eigenvalue weighted by molar-refractivity contribution is 0.414.